The third-order valence-electron chi connectivity index (χ3n) is 4.41. The second kappa shape index (κ2) is 4.28. The highest BCUT2D eigenvalue weighted by molar-refractivity contribution is 5.99. The molecule has 0 saturated carbocycles. The molecule has 2 aromatic rings. The van der Waals surface area contributed by atoms with Gasteiger partial charge in [-0.15, -0.1) is 0 Å². The molecule has 3 heterocycles. The van der Waals surface area contributed by atoms with E-state index in [0.717, 1.165) is 23.4 Å². The maximum Gasteiger partial charge on any atom is 0.226 e. The van der Waals surface area contributed by atoms with Gasteiger partial charge in [-0.25, -0.2) is 4.68 Å². The molecule has 0 amide bonds. The first-order valence-electron chi connectivity index (χ1n) is 7.37. The number of fused-ring (bicyclic) bond motifs is 1. The molecule has 1 aliphatic carbocycles. The fourth-order valence-electron chi connectivity index (χ4n) is 3.47. The van der Waals surface area contributed by atoms with Gasteiger partial charge in [-0.2, -0.15) is 15.2 Å². The molecule has 1 N–H and O–H groups in total. The minimum Gasteiger partial charge on any atom is -0.328 e. The van der Waals surface area contributed by atoms with Gasteiger partial charge in [-0.1, -0.05) is 13.8 Å². The van der Waals surface area contributed by atoms with Crippen molar-refractivity contribution in [2.75, 3.05) is 5.32 Å². The van der Waals surface area contributed by atoms with Gasteiger partial charge in [0.2, 0.25) is 5.95 Å². The van der Waals surface area contributed by atoms with Gasteiger partial charge in [0, 0.05) is 30.9 Å². The molecule has 7 heteroatoms. The maximum absolute atomic E-state index is 12.8. The third kappa shape index (κ3) is 1.81. The van der Waals surface area contributed by atoms with Crippen molar-refractivity contribution >= 4 is 11.7 Å². The molecule has 0 bridgehead atoms. The second-order valence-corrected chi connectivity index (χ2v) is 6.77. The van der Waals surface area contributed by atoms with E-state index >= 15 is 0 Å². The summed E-state index contributed by atoms with van der Waals surface area (Å²) in [6.07, 6.45) is 4.63. The lowest BCUT2D eigenvalue weighted by Gasteiger charge is -2.38. The van der Waals surface area contributed by atoms with Crippen molar-refractivity contribution in [2.24, 2.45) is 12.5 Å². The van der Waals surface area contributed by atoms with Crippen molar-refractivity contribution in [2.45, 2.75) is 32.7 Å². The summed E-state index contributed by atoms with van der Waals surface area (Å²) in [6, 6.07) is 1.67. The van der Waals surface area contributed by atoms with E-state index in [2.05, 4.69) is 34.3 Å². The van der Waals surface area contributed by atoms with E-state index in [1.807, 2.05) is 13.1 Å². The first-order chi connectivity index (χ1) is 10.5. The fourth-order valence-corrected chi connectivity index (χ4v) is 3.47. The van der Waals surface area contributed by atoms with Gasteiger partial charge < -0.3 is 5.32 Å². The lowest BCUT2D eigenvalue weighted by atomic mass is 9.73. The van der Waals surface area contributed by atoms with Crippen molar-refractivity contribution in [3.8, 4) is 0 Å². The number of hydrogen-bond acceptors (Lipinski definition) is 5. The van der Waals surface area contributed by atoms with E-state index in [1.54, 1.807) is 15.6 Å². The Morgan fingerprint density at radius 1 is 1.32 bits per heavy atom. The second-order valence-electron chi connectivity index (χ2n) is 6.77. The van der Waals surface area contributed by atoms with Gasteiger partial charge >= 0.3 is 0 Å². The van der Waals surface area contributed by atoms with Crippen LogP contribution in [0.5, 0.6) is 0 Å². The SMILES string of the molecule is Cn1nccc1[C@@H]1C2=C(CC(C)(C)CC2=O)Nc2ncnn21. The molecule has 0 radical (unpaired) electrons. The zero-order valence-corrected chi connectivity index (χ0v) is 12.9. The molecule has 22 heavy (non-hydrogen) atoms. The number of anilines is 1. The predicted octanol–water partition coefficient (Wildman–Crippen LogP) is 1.67. The number of aryl methyl sites for hydroxylation is 1. The number of nitrogens with zero attached hydrogens (tertiary/aromatic N) is 5. The van der Waals surface area contributed by atoms with Crippen LogP contribution < -0.4 is 5.32 Å². The smallest absolute Gasteiger partial charge is 0.226 e. The summed E-state index contributed by atoms with van der Waals surface area (Å²) in [6.45, 7) is 4.24. The summed E-state index contributed by atoms with van der Waals surface area (Å²) in [5.41, 5.74) is 2.66. The highest BCUT2D eigenvalue weighted by Gasteiger charge is 2.42. The van der Waals surface area contributed by atoms with E-state index in [0.29, 0.717) is 12.4 Å². The molecule has 0 spiro atoms. The molecule has 7 nitrogen and oxygen atoms in total. The van der Waals surface area contributed by atoms with Crippen LogP contribution in [0.1, 0.15) is 38.4 Å². The van der Waals surface area contributed by atoms with Crippen LogP contribution in [-0.2, 0) is 11.8 Å². The van der Waals surface area contributed by atoms with E-state index in [1.165, 1.54) is 6.33 Å². The standard InChI is InChI=1S/C15H18N6O/c1-15(2)6-9-12(11(22)7-15)13(10-4-5-17-20(10)3)21-14(19-9)16-8-18-21/h4-5,8,13H,6-7H2,1-3H3,(H,16,18,19)/t13-/m1/s1. The molecular weight excluding hydrogens is 280 g/mol. The lowest BCUT2D eigenvalue weighted by molar-refractivity contribution is -0.118. The third-order valence-corrected chi connectivity index (χ3v) is 4.41. The van der Waals surface area contributed by atoms with Crippen molar-refractivity contribution in [3.63, 3.8) is 0 Å². The van der Waals surface area contributed by atoms with Crippen LogP contribution in [0.15, 0.2) is 29.9 Å². The Morgan fingerprint density at radius 3 is 2.86 bits per heavy atom. The summed E-state index contributed by atoms with van der Waals surface area (Å²) in [4.78, 5) is 17.1. The van der Waals surface area contributed by atoms with Gasteiger partial charge in [0.15, 0.2) is 5.78 Å². The number of carbonyl (C=O) groups is 1. The van der Waals surface area contributed by atoms with Crippen molar-refractivity contribution < 1.29 is 4.79 Å². The van der Waals surface area contributed by atoms with E-state index in [9.17, 15) is 4.79 Å². The van der Waals surface area contributed by atoms with Crippen LogP contribution in [0.25, 0.3) is 0 Å². The van der Waals surface area contributed by atoms with Gasteiger partial charge in [0.25, 0.3) is 0 Å². The summed E-state index contributed by atoms with van der Waals surface area (Å²) in [5, 5.41) is 11.8. The monoisotopic (exact) mass is 298 g/mol. The van der Waals surface area contributed by atoms with Gasteiger partial charge in [0.1, 0.15) is 12.4 Å². The van der Waals surface area contributed by atoms with Crippen LogP contribution in [0.4, 0.5) is 5.95 Å². The first kappa shape index (κ1) is 13.2. The Balaban J connectivity index is 1.93. The van der Waals surface area contributed by atoms with Crippen molar-refractivity contribution in [3.05, 3.63) is 35.6 Å². The van der Waals surface area contributed by atoms with E-state index in [4.69, 9.17) is 0 Å². The number of allylic oxidation sites excluding steroid dienone is 2. The molecule has 4 rings (SSSR count). The van der Waals surface area contributed by atoms with Gasteiger partial charge in [0.05, 0.1) is 5.69 Å². The molecule has 0 unspecified atom stereocenters. The zero-order chi connectivity index (χ0) is 15.5. The highest BCUT2D eigenvalue weighted by atomic mass is 16.1. The number of hydrogen-bond donors (Lipinski definition) is 1. The number of ketones is 1. The zero-order valence-electron chi connectivity index (χ0n) is 12.9. The van der Waals surface area contributed by atoms with Crippen molar-refractivity contribution in [1.82, 2.24) is 24.5 Å². The number of Topliss-reactive ketones (excluding diaryl/α,β-unsaturated/α-hetero) is 1. The van der Waals surface area contributed by atoms with Gasteiger partial charge in [-0.3, -0.25) is 9.48 Å². The molecule has 114 valence electrons. The molecule has 2 aromatic heterocycles. The lowest BCUT2D eigenvalue weighted by Crippen LogP contribution is -2.37. The van der Waals surface area contributed by atoms with Crippen LogP contribution in [-0.4, -0.2) is 30.3 Å². The number of aromatic nitrogens is 5. The van der Waals surface area contributed by atoms with E-state index < -0.39 is 0 Å². The molecule has 0 aromatic carbocycles. The average molecular weight is 298 g/mol. The maximum atomic E-state index is 12.8. The van der Waals surface area contributed by atoms with E-state index in [-0.39, 0.29) is 17.2 Å². The number of carbonyl (C=O) groups excluding carboxylic acids is 1. The minimum atomic E-state index is -0.259. The molecule has 0 saturated heterocycles. The summed E-state index contributed by atoms with van der Waals surface area (Å²) < 4.78 is 3.56. The Labute approximate surface area is 128 Å². The Kier molecular flexibility index (Phi) is 2.58. The quantitative estimate of drug-likeness (QED) is 0.866. The Hall–Kier alpha value is -2.44. The average Bonchev–Trinajstić information content (AvgIpc) is 3.03. The van der Waals surface area contributed by atoms with Crippen molar-refractivity contribution in [1.29, 1.82) is 0 Å². The highest BCUT2D eigenvalue weighted by Crippen LogP contribution is 2.44. The van der Waals surface area contributed by atoms with Gasteiger partial charge in [-0.05, 0) is 17.9 Å². The molecular formula is C15H18N6O. The minimum absolute atomic E-state index is 0.0396. The van der Waals surface area contributed by atoms with Crippen LogP contribution in [0, 0.1) is 5.41 Å². The largest absolute Gasteiger partial charge is 0.328 e. The number of nitrogens with one attached hydrogen (secondary N) is 1. The molecule has 1 atom stereocenters. The fraction of sp³-hybridized carbons (Fsp3) is 0.467. The summed E-state index contributed by atoms with van der Waals surface area (Å²) in [5.74, 6) is 0.849. The van der Waals surface area contributed by atoms with Crippen LogP contribution in [0.2, 0.25) is 0 Å². The summed E-state index contributed by atoms with van der Waals surface area (Å²) >= 11 is 0. The first-order valence-corrected chi connectivity index (χ1v) is 7.37. The normalized spacial score (nSPS) is 23.0. The molecule has 2 aliphatic rings. The Morgan fingerprint density at radius 2 is 2.14 bits per heavy atom. The molecule has 1 aliphatic heterocycles. The number of rotatable bonds is 1. The predicted molar refractivity (Wildman–Crippen MR) is 80.0 cm³/mol. The molecule has 0 fully saturated rings. The Bertz CT molecular complexity index is 797. The summed E-state index contributed by atoms with van der Waals surface area (Å²) in [7, 11) is 1.88. The topological polar surface area (TPSA) is 77.6 Å². The van der Waals surface area contributed by atoms with Crippen LogP contribution in [0.3, 0.4) is 0 Å². The van der Waals surface area contributed by atoms with Crippen LogP contribution >= 0.6 is 0 Å².